The summed E-state index contributed by atoms with van der Waals surface area (Å²) in [5, 5.41) is 11.5. The molecule has 4 heterocycles. The number of carboxylic acids is 1. The summed E-state index contributed by atoms with van der Waals surface area (Å²) in [6.07, 6.45) is 2.12. The van der Waals surface area contributed by atoms with Gasteiger partial charge in [-0.05, 0) is 74.3 Å². The van der Waals surface area contributed by atoms with E-state index in [1.807, 2.05) is 24.0 Å². The summed E-state index contributed by atoms with van der Waals surface area (Å²) in [7, 11) is -3.28. The van der Waals surface area contributed by atoms with Crippen LogP contribution in [0.15, 0.2) is 48.5 Å². The predicted octanol–water partition coefficient (Wildman–Crippen LogP) is 4.88. The molecule has 1 amide bonds. The van der Waals surface area contributed by atoms with Crippen LogP contribution in [0.25, 0.3) is 21.9 Å². The molecule has 2 aliphatic rings. The first-order chi connectivity index (χ1) is 22.6. The van der Waals surface area contributed by atoms with Gasteiger partial charge in [0.1, 0.15) is 5.65 Å². The van der Waals surface area contributed by atoms with Gasteiger partial charge in [-0.3, -0.25) is 9.59 Å². The molecule has 2 saturated heterocycles. The highest BCUT2D eigenvalue weighted by atomic mass is 32.2. The third kappa shape index (κ3) is 6.66. The van der Waals surface area contributed by atoms with Crippen LogP contribution in [0, 0.1) is 19.8 Å². The number of piperazine rings is 1. The Balaban J connectivity index is 1.29. The van der Waals surface area contributed by atoms with Gasteiger partial charge in [-0.15, -0.1) is 0 Å². The minimum absolute atomic E-state index is 0.0637. The largest absolute Gasteiger partial charge is 0.481 e. The molecular weight excluding hydrogens is 616 g/mol. The van der Waals surface area contributed by atoms with Crippen LogP contribution in [0.4, 0.5) is 0 Å². The lowest BCUT2D eigenvalue weighted by Crippen LogP contribution is -2.52. The number of benzene rings is 2. The van der Waals surface area contributed by atoms with E-state index in [4.69, 9.17) is 9.72 Å². The molecule has 2 fully saturated rings. The summed E-state index contributed by atoms with van der Waals surface area (Å²) in [6, 6.07) is 16.6. The minimum atomic E-state index is -3.28. The maximum atomic E-state index is 14.1. The summed E-state index contributed by atoms with van der Waals surface area (Å²) >= 11 is 0. The van der Waals surface area contributed by atoms with Crippen LogP contribution in [0.1, 0.15) is 60.1 Å². The molecule has 0 saturated carbocycles. The Morgan fingerprint density at radius 3 is 2.34 bits per heavy atom. The number of para-hydroxylation sites is 1. The van der Waals surface area contributed by atoms with Gasteiger partial charge < -0.3 is 19.3 Å². The first-order valence-corrected chi connectivity index (χ1v) is 18.2. The molecule has 11 heteroatoms. The first-order valence-electron chi connectivity index (χ1n) is 16.6. The SMILES string of the molecule is CCS(=O)(=O)N1CCN(C(=O)C(c2ccc(Cn3c4ccccc4c4c(C)c(CCC(=O)O)c(C)nc43)cc2)C2CCOCC2)CC1. The van der Waals surface area contributed by atoms with Crippen LogP contribution in [0.3, 0.4) is 0 Å². The number of aryl methyl sites for hydroxylation is 2. The molecule has 2 aliphatic heterocycles. The van der Waals surface area contributed by atoms with E-state index in [-0.39, 0.29) is 29.9 Å². The summed E-state index contributed by atoms with van der Waals surface area (Å²) in [5.41, 5.74) is 6.92. The topological polar surface area (TPSA) is 122 Å². The number of pyridine rings is 1. The monoisotopic (exact) mass is 660 g/mol. The minimum Gasteiger partial charge on any atom is -0.481 e. The first kappa shape index (κ1) is 33.1. The van der Waals surface area contributed by atoms with E-state index in [0.717, 1.165) is 62.7 Å². The quantitative estimate of drug-likeness (QED) is 0.258. The van der Waals surface area contributed by atoms with Crippen molar-refractivity contribution in [2.75, 3.05) is 45.1 Å². The Labute approximate surface area is 276 Å². The standard InChI is InChI=1S/C36H44N4O6S/c1-4-47(44,45)39-19-17-38(18-20-39)36(43)34(28-15-21-46-22-16-28)27-11-9-26(10-12-27)23-40-31-8-6-5-7-30(31)33-24(2)29(13-14-32(41)42)25(3)37-35(33)40/h5-12,28,34H,4,13-23H2,1-3H3,(H,41,42). The van der Waals surface area contributed by atoms with Crippen molar-refractivity contribution in [3.8, 4) is 0 Å². The molecule has 0 aliphatic carbocycles. The predicted molar refractivity (Wildman–Crippen MR) is 182 cm³/mol. The van der Waals surface area contributed by atoms with Gasteiger partial charge in [0, 0.05) is 68.8 Å². The van der Waals surface area contributed by atoms with Gasteiger partial charge in [-0.1, -0.05) is 42.5 Å². The lowest BCUT2D eigenvalue weighted by atomic mass is 9.80. The van der Waals surface area contributed by atoms with Gasteiger partial charge in [-0.25, -0.2) is 13.4 Å². The van der Waals surface area contributed by atoms with Gasteiger partial charge in [0.25, 0.3) is 0 Å². The highest BCUT2D eigenvalue weighted by Gasteiger charge is 2.36. The number of hydrogen-bond donors (Lipinski definition) is 1. The Kier molecular flexibility index (Phi) is 9.68. The second kappa shape index (κ2) is 13.7. The Bertz CT molecular complexity index is 1890. The maximum absolute atomic E-state index is 14.1. The normalized spacial score (nSPS) is 17.4. The molecule has 1 atom stereocenters. The zero-order valence-corrected chi connectivity index (χ0v) is 28.3. The van der Waals surface area contributed by atoms with E-state index in [1.54, 1.807) is 6.92 Å². The summed E-state index contributed by atoms with van der Waals surface area (Å²) in [4.78, 5) is 32.3. The zero-order chi connectivity index (χ0) is 33.3. The van der Waals surface area contributed by atoms with Crippen LogP contribution < -0.4 is 0 Å². The lowest BCUT2D eigenvalue weighted by Gasteiger charge is -2.38. The number of rotatable bonds is 10. The van der Waals surface area contributed by atoms with Gasteiger partial charge in [-0.2, -0.15) is 4.31 Å². The molecule has 0 radical (unpaired) electrons. The fourth-order valence-corrected chi connectivity index (χ4v) is 8.51. The number of nitrogens with zero attached hydrogens (tertiary/aromatic N) is 4. The highest BCUT2D eigenvalue weighted by Crippen LogP contribution is 2.36. The number of carbonyl (C=O) groups excluding carboxylic acids is 1. The third-order valence-corrected chi connectivity index (χ3v) is 11.9. The van der Waals surface area contributed by atoms with Crippen LogP contribution in [0.2, 0.25) is 0 Å². The van der Waals surface area contributed by atoms with Crippen molar-refractivity contribution < 1.29 is 27.9 Å². The molecule has 0 spiro atoms. The van der Waals surface area contributed by atoms with Crippen molar-refractivity contribution in [2.45, 2.75) is 58.9 Å². The number of ether oxygens (including phenoxy) is 1. The number of sulfonamides is 1. The summed E-state index contributed by atoms with van der Waals surface area (Å²) in [6.45, 7) is 8.97. The average molecular weight is 661 g/mol. The molecule has 0 bridgehead atoms. The molecule has 250 valence electrons. The number of carboxylic acid groups (broad SMARTS) is 1. The van der Waals surface area contributed by atoms with Crippen molar-refractivity contribution in [3.63, 3.8) is 0 Å². The highest BCUT2D eigenvalue weighted by molar-refractivity contribution is 7.89. The fourth-order valence-electron chi connectivity index (χ4n) is 7.43. The van der Waals surface area contributed by atoms with Crippen molar-refractivity contribution in [1.82, 2.24) is 18.8 Å². The van der Waals surface area contributed by atoms with Gasteiger partial charge in [0.15, 0.2) is 0 Å². The number of carbonyl (C=O) groups is 2. The number of amides is 1. The molecule has 1 N–H and O–H groups in total. The smallest absolute Gasteiger partial charge is 0.303 e. The number of aliphatic carboxylic acids is 1. The summed E-state index contributed by atoms with van der Waals surface area (Å²) in [5.74, 6) is -0.848. The van der Waals surface area contributed by atoms with E-state index in [0.29, 0.717) is 52.4 Å². The molecular formula is C36H44N4O6S. The lowest BCUT2D eigenvalue weighted by molar-refractivity contribution is -0.137. The Morgan fingerprint density at radius 2 is 1.68 bits per heavy atom. The van der Waals surface area contributed by atoms with Gasteiger partial charge in [0.05, 0.1) is 17.2 Å². The summed E-state index contributed by atoms with van der Waals surface area (Å²) < 4.78 is 34.2. The van der Waals surface area contributed by atoms with E-state index >= 15 is 0 Å². The molecule has 6 rings (SSSR count). The molecule has 47 heavy (non-hydrogen) atoms. The average Bonchev–Trinajstić information content (AvgIpc) is 3.38. The molecule has 4 aromatic rings. The maximum Gasteiger partial charge on any atom is 0.303 e. The second-order valence-electron chi connectivity index (χ2n) is 12.8. The molecule has 10 nitrogen and oxygen atoms in total. The molecule has 1 unspecified atom stereocenters. The van der Waals surface area contributed by atoms with Crippen LogP contribution in [-0.4, -0.2) is 89.3 Å². The van der Waals surface area contributed by atoms with Crippen LogP contribution >= 0.6 is 0 Å². The number of aromatic nitrogens is 2. The van der Waals surface area contributed by atoms with Crippen LogP contribution in [0.5, 0.6) is 0 Å². The third-order valence-electron chi connectivity index (χ3n) is 10.1. The van der Waals surface area contributed by atoms with Gasteiger partial charge >= 0.3 is 5.97 Å². The molecule has 2 aromatic heterocycles. The van der Waals surface area contributed by atoms with Crippen LogP contribution in [-0.2, 0) is 37.3 Å². The van der Waals surface area contributed by atoms with E-state index < -0.39 is 16.0 Å². The van der Waals surface area contributed by atoms with Crippen molar-refractivity contribution >= 4 is 43.8 Å². The Morgan fingerprint density at radius 1 is 1.00 bits per heavy atom. The fraction of sp³-hybridized carbons (Fsp3) is 0.472. The number of fused-ring (bicyclic) bond motifs is 3. The van der Waals surface area contributed by atoms with Crippen molar-refractivity contribution in [2.24, 2.45) is 5.92 Å². The number of hydrogen-bond acceptors (Lipinski definition) is 6. The van der Waals surface area contributed by atoms with E-state index in [1.165, 1.54) is 4.31 Å². The van der Waals surface area contributed by atoms with Gasteiger partial charge in [0.2, 0.25) is 15.9 Å². The second-order valence-corrected chi connectivity index (χ2v) is 15.0. The van der Waals surface area contributed by atoms with Crippen molar-refractivity contribution in [1.29, 1.82) is 0 Å². The van der Waals surface area contributed by atoms with E-state index in [2.05, 4.69) is 47.9 Å². The molecule has 2 aromatic carbocycles. The van der Waals surface area contributed by atoms with E-state index in [9.17, 15) is 23.1 Å². The van der Waals surface area contributed by atoms with Crippen molar-refractivity contribution in [3.05, 3.63) is 76.5 Å². The zero-order valence-electron chi connectivity index (χ0n) is 27.4. The Hall–Kier alpha value is -3.80.